The maximum Gasteiger partial charge on any atom is 0.270 e. The van der Waals surface area contributed by atoms with E-state index >= 15 is 0 Å². The molecule has 3 heterocycles. The predicted molar refractivity (Wildman–Crippen MR) is 93.0 cm³/mol. The number of aliphatic hydroxyl groups is 1. The molecule has 3 fully saturated rings. The lowest BCUT2D eigenvalue weighted by Gasteiger charge is -2.38. The van der Waals surface area contributed by atoms with Crippen LogP contribution in [-0.4, -0.2) is 64.7 Å². The molecule has 0 bridgehead atoms. The SMILES string of the molecule is O=C(c1cccn1C1CC1)N1C[C@H](CO)C[C@H](CN2CCCC2)C1. The molecule has 5 nitrogen and oxygen atoms in total. The molecule has 0 spiro atoms. The zero-order valence-corrected chi connectivity index (χ0v) is 14.4. The van der Waals surface area contributed by atoms with Gasteiger partial charge < -0.3 is 19.5 Å². The van der Waals surface area contributed by atoms with Gasteiger partial charge in [-0.1, -0.05) is 0 Å². The first-order chi connectivity index (χ1) is 11.7. The zero-order chi connectivity index (χ0) is 16.5. The van der Waals surface area contributed by atoms with E-state index in [1.54, 1.807) is 0 Å². The van der Waals surface area contributed by atoms with Crippen molar-refractivity contribution in [2.24, 2.45) is 11.8 Å². The van der Waals surface area contributed by atoms with Gasteiger partial charge in [0.15, 0.2) is 0 Å². The summed E-state index contributed by atoms with van der Waals surface area (Å²) in [5, 5.41) is 9.70. The molecule has 0 aromatic carbocycles. The van der Waals surface area contributed by atoms with Crippen LogP contribution in [-0.2, 0) is 0 Å². The first kappa shape index (κ1) is 16.2. The Morgan fingerprint density at radius 1 is 1.17 bits per heavy atom. The number of piperidine rings is 1. The minimum absolute atomic E-state index is 0.150. The van der Waals surface area contributed by atoms with E-state index in [0.29, 0.717) is 18.5 Å². The molecule has 2 saturated heterocycles. The molecule has 0 unspecified atom stereocenters. The molecule has 5 heteroatoms. The number of amides is 1. The van der Waals surface area contributed by atoms with Gasteiger partial charge in [-0.2, -0.15) is 0 Å². The molecular weight excluding hydrogens is 302 g/mol. The Morgan fingerprint density at radius 3 is 2.62 bits per heavy atom. The van der Waals surface area contributed by atoms with Crippen molar-refractivity contribution in [2.75, 3.05) is 39.3 Å². The normalized spacial score (nSPS) is 28.5. The maximum atomic E-state index is 13.1. The fourth-order valence-electron chi connectivity index (χ4n) is 4.49. The van der Waals surface area contributed by atoms with Crippen LogP contribution in [0.1, 0.15) is 48.6 Å². The van der Waals surface area contributed by atoms with Crippen molar-refractivity contribution in [3.05, 3.63) is 24.0 Å². The number of nitrogens with zero attached hydrogens (tertiary/aromatic N) is 3. The molecule has 132 valence electrons. The van der Waals surface area contributed by atoms with Crippen molar-refractivity contribution in [1.29, 1.82) is 0 Å². The molecule has 1 aromatic heterocycles. The maximum absolute atomic E-state index is 13.1. The van der Waals surface area contributed by atoms with Crippen LogP contribution in [0.4, 0.5) is 0 Å². The Hall–Kier alpha value is -1.33. The smallest absolute Gasteiger partial charge is 0.270 e. The Bertz CT molecular complexity index is 575. The summed E-state index contributed by atoms with van der Waals surface area (Å²) in [5.74, 6) is 0.860. The highest BCUT2D eigenvalue weighted by molar-refractivity contribution is 5.93. The molecule has 1 amide bonds. The van der Waals surface area contributed by atoms with Crippen molar-refractivity contribution in [3.8, 4) is 0 Å². The molecule has 1 saturated carbocycles. The number of aromatic nitrogens is 1. The number of rotatable bonds is 5. The molecule has 24 heavy (non-hydrogen) atoms. The quantitative estimate of drug-likeness (QED) is 0.898. The van der Waals surface area contributed by atoms with Crippen LogP contribution >= 0.6 is 0 Å². The lowest BCUT2D eigenvalue weighted by atomic mass is 9.89. The summed E-state index contributed by atoms with van der Waals surface area (Å²) in [5.41, 5.74) is 0.830. The van der Waals surface area contributed by atoms with E-state index in [2.05, 4.69) is 9.47 Å². The summed E-state index contributed by atoms with van der Waals surface area (Å²) < 4.78 is 2.15. The summed E-state index contributed by atoms with van der Waals surface area (Å²) >= 11 is 0. The minimum Gasteiger partial charge on any atom is -0.396 e. The Morgan fingerprint density at radius 2 is 1.92 bits per heavy atom. The Kier molecular flexibility index (Phi) is 4.63. The number of carbonyl (C=O) groups excluding carboxylic acids is 1. The lowest BCUT2D eigenvalue weighted by Crippen LogP contribution is -2.48. The van der Waals surface area contributed by atoms with Crippen LogP contribution < -0.4 is 0 Å². The number of carbonyl (C=O) groups is 1. The number of hydrogen-bond acceptors (Lipinski definition) is 3. The van der Waals surface area contributed by atoms with Gasteiger partial charge in [-0.25, -0.2) is 0 Å². The first-order valence-electron chi connectivity index (χ1n) is 9.54. The summed E-state index contributed by atoms with van der Waals surface area (Å²) in [6, 6.07) is 4.47. The van der Waals surface area contributed by atoms with Gasteiger partial charge in [0.1, 0.15) is 5.69 Å². The fourth-order valence-corrected chi connectivity index (χ4v) is 4.49. The summed E-state index contributed by atoms with van der Waals surface area (Å²) in [4.78, 5) is 17.6. The molecule has 3 aliphatic rings. The van der Waals surface area contributed by atoms with Crippen molar-refractivity contribution < 1.29 is 9.90 Å². The number of hydrogen-bond donors (Lipinski definition) is 1. The second-order valence-electron chi connectivity index (χ2n) is 7.90. The second-order valence-corrected chi connectivity index (χ2v) is 7.90. The van der Waals surface area contributed by atoms with Crippen molar-refractivity contribution in [3.63, 3.8) is 0 Å². The van der Waals surface area contributed by atoms with E-state index in [-0.39, 0.29) is 18.4 Å². The number of likely N-dealkylation sites (tertiary alicyclic amines) is 2. The third kappa shape index (κ3) is 3.38. The van der Waals surface area contributed by atoms with E-state index in [1.807, 2.05) is 23.2 Å². The van der Waals surface area contributed by atoms with Crippen molar-refractivity contribution in [1.82, 2.24) is 14.4 Å². The number of aliphatic hydroxyl groups excluding tert-OH is 1. The average molecular weight is 331 g/mol. The van der Waals surface area contributed by atoms with Gasteiger partial charge in [-0.05, 0) is 69.2 Å². The van der Waals surface area contributed by atoms with Crippen LogP contribution in [0.5, 0.6) is 0 Å². The molecule has 1 aliphatic carbocycles. The van der Waals surface area contributed by atoms with Crippen LogP contribution in [0.15, 0.2) is 18.3 Å². The molecule has 1 N–H and O–H groups in total. The Labute approximate surface area is 144 Å². The van der Waals surface area contributed by atoms with E-state index in [1.165, 1.54) is 38.8 Å². The van der Waals surface area contributed by atoms with E-state index in [0.717, 1.165) is 25.2 Å². The van der Waals surface area contributed by atoms with Gasteiger partial charge in [0.25, 0.3) is 5.91 Å². The highest BCUT2D eigenvalue weighted by Gasteiger charge is 2.34. The summed E-state index contributed by atoms with van der Waals surface area (Å²) in [6.45, 7) is 5.18. The first-order valence-corrected chi connectivity index (χ1v) is 9.54. The van der Waals surface area contributed by atoms with Crippen molar-refractivity contribution in [2.45, 2.75) is 38.1 Å². The van der Waals surface area contributed by atoms with Gasteiger partial charge in [-0.15, -0.1) is 0 Å². The van der Waals surface area contributed by atoms with Gasteiger partial charge in [-0.3, -0.25) is 4.79 Å². The Balaban J connectivity index is 1.45. The van der Waals surface area contributed by atoms with Crippen molar-refractivity contribution >= 4 is 5.91 Å². The lowest BCUT2D eigenvalue weighted by molar-refractivity contribution is 0.0456. The average Bonchev–Trinajstić information content (AvgIpc) is 3.10. The molecule has 2 aliphatic heterocycles. The minimum atomic E-state index is 0.150. The largest absolute Gasteiger partial charge is 0.396 e. The summed E-state index contributed by atoms with van der Waals surface area (Å²) in [7, 11) is 0. The standard InChI is InChI=1S/C19H29N3O2/c23-14-16-10-15(11-20-7-1-2-8-20)12-21(13-16)19(24)18-4-3-9-22(18)17-5-6-17/h3-4,9,15-17,23H,1-2,5-8,10-14H2/t15-,16-/m1/s1. The molecular formula is C19H29N3O2. The monoisotopic (exact) mass is 331 g/mol. The van der Waals surface area contributed by atoms with Crippen LogP contribution in [0.2, 0.25) is 0 Å². The van der Waals surface area contributed by atoms with Gasteiger partial charge in [0, 0.05) is 38.5 Å². The second kappa shape index (κ2) is 6.89. The zero-order valence-electron chi connectivity index (χ0n) is 14.4. The van der Waals surface area contributed by atoms with Gasteiger partial charge in [0.2, 0.25) is 0 Å². The van der Waals surface area contributed by atoms with Crippen LogP contribution in [0, 0.1) is 11.8 Å². The van der Waals surface area contributed by atoms with Crippen LogP contribution in [0.3, 0.4) is 0 Å². The van der Waals surface area contributed by atoms with Gasteiger partial charge >= 0.3 is 0 Å². The topological polar surface area (TPSA) is 48.7 Å². The highest BCUT2D eigenvalue weighted by atomic mass is 16.3. The third-order valence-electron chi connectivity index (χ3n) is 5.82. The van der Waals surface area contributed by atoms with E-state index < -0.39 is 0 Å². The van der Waals surface area contributed by atoms with E-state index in [4.69, 9.17) is 0 Å². The molecule has 1 aromatic rings. The molecule has 4 rings (SSSR count). The third-order valence-corrected chi connectivity index (χ3v) is 5.82. The fraction of sp³-hybridized carbons (Fsp3) is 0.737. The molecule has 0 radical (unpaired) electrons. The molecule has 2 atom stereocenters. The highest BCUT2D eigenvalue weighted by Crippen LogP contribution is 2.36. The van der Waals surface area contributed by atoms with Crippen LogP contribution in [0.25, 0.3) is 0 Å². The predicted octanol–water partition coefficient (Wildman–Crippen LogP) is 1.99. The summed E-state index contributed by atoms with van der Waals surface area (Å²) in [6.07, 6.45) is 8.06. The van der Waals surface area contributed by atoms with E-state index in [9.17, 15) is 9.90 Å². The van der Waals surface area contributed by atoms with Gasteiger partial charge in [0.05, 0.1) is 0 Å².